The maximum atomic E-state index is 12.1. The van der Waals surface area contributed by atoms with Crippen LogP contribution >= 0.6 is 0 Å². The van der Waals surface area contributed by atoms with E-state index in [1.165, 1.54) is 0 Å². The number of carbonyl (C=O) groups is 1. The molecule has 5 nitrogen and oxygen atoms in total. The Hall–Kier alpha value is -0.650. The first-order valence-electron chi connectivity index (χ1n) is 5.95. The van der Waals surface area contributed by atoms with Crippen LogP contribution in [0.1, 0.15) is 19.8 Å². The van der Waals surface area contributed by atoms with Crippen LogP contribution in [0.5, 0.6) is 0 Å². The third kappa shape index (κ3) is 3.43. The number of nitrogens with zero attached hydrogens (tertiary/aromatic N) is 2. The normalized spacial score (nSPS) is 18.1. The number of amides is 1. The summed E-state index contributed by atoms with van der Waals surface area (Å²) in [6, 6.07) is -0.252. The average Bonchev–Trinajstić information content (AvgIpc) is 2.80. The molecular weight excluding hydrogens is 208 g/mol. The highest BCUT2D eigenvalue weighted by Crippen LogP contribution is 2.11. The van der Waals surface area contributed by atoms with Crippen molar-refractivity contribution in [2.24, 2.45) is 0 Å². The molecule has 0 aromatic heterocycles. The maximum Gasteiger partial charge on any atom is 0.239 e. The third-order valence-electron chi connectivity index (χ3n) is 3.10. The smallest absolute Gasteiger partial charge is 0.239 e. The van der Waals surface area contributed by atoms with Gasteiger partial charge in [-0.2, -0.15) is 0 Å². The predicted molar refractivity (Wildman–Crippen MR) is 61.0 cm³/mol. The van der Waals surface area contributed by atoms with E-state index in [9.17, 15) is 4.79 Å². The summed E-state index contributed by atoms with van der Waals surface area (Å²) in [6.07, 6.45) is 2.16. The number of rotatable bonds is 6. The van der Waals surface area contributed by atoms with Crippen LogP contribution in [-0.2, 0) is 4.79 Å². The van der Waals surface area contributed by atoms with Crippen molar-refractivity contribution in [2.45, 2.75) is 25.8 Å². The SMILES string of the molecule is CC(C(=O)N1CCCC1)N(CCO)CCO. The highest BCUT2D eigenvalue weighted by atomic mass is 16.3. The molecule has 0 radical (unpaired) electrons. The van der Waals surface area contributed by atoms with E-state index in [1.54, 1.807) is 0 Å². The molecule has 0 bridgehead atoms. The van der Waals surface area contributed by atoms with Crippen molar-refractivity contribution < 1.29 is 15.0 Å². The van der Waals surface area contributed by atoms with Gasteiger partial charge >= 0.3 is 0 Å². The van der Waals surface area contributed by atoms with Crippen LogP contribution in [0.3, 0.4) is 0 Å². The predicted octanol–water partition coefficient (Wildman–Crippen LogP) is -0.716. The first-order chi connectivity index (χ1) is 7.70. The van der Waals surface area contributed by atoms with E-state index < -0.39 is 0 Å². The molecule has 0 aromatic rings. The van der Waals surface area contributed by atoms with Crippen LogP contribution in [0.25, 0.3) is 0 Å². The van der Waals surface area contributed by atoms with E-state index in [2.05, 4.69) is 0 Å². The number of aliphatic hydroxyl groups excluding tert-OH is 2. The molecule has 0 saturated carbocycles. The van der Waals surface area contributed by atoms with Gasteiger partial charge in [-0.25, -0.2) is 0 Å². The Morgan fingerprint density at radius 1 is 1.25 bits per heavy atom. The van der Waals surface area contributed by atoms with E-state index in [0.29, 0.717) is 13.1 Å². The molecular formula is C11H22N2O3. The first kappa shape index (κ1) is 13.4. The fraction of sp³-hybridized carbons (Fsp3) is 0.909. The van der Waals surface area contributed by atoms with Crippen LogP contribution in [0.2, 0.25) is 0 Å². The van der Waals surface area contributed by atoms with Crippen molar-refractivity contribution in [3.8, 4) is 0 Å². The van der Waals surface area contributed by atoms with E-state index in [0.717, 1.165) is 25.9 Å². The zero-order chi connectivity index (χ0) is 12.0. The van der Waals surface area contributed by atoms with Crippen molar-refractivity contribution >= 4 is 5.91 Å². The number of hydrogen-bond donors (Lipinski definition) is 2. The molecule has 94 valence electrons. The summed E-state index contributed by atoms with van der Waals surface area (Å²) in [6.45, 7) is 4.41. The second-order valence-corrected chi connectivity index (χ2v) is 4.19. The molecule has 1 rings (SSSR count). The van der Waals surface area contributed by atoms with Gasteiger partial charge in [0, 0.05) is 26.2 Å². The molecule has 2 N–H and O–H groups in total. The quantitative estimate of drug-likeness (QED) is 0.632. The third-order valence-corrected chi connectivity index (χ3v) is 3.10. The van der Waals surface area contributed by atoms with Crippen LogP contribution in [0, 0.1) is 0 Å². The Balaban J connectivity index is 2.50. The molecule has 0 aromatic carbocycles. The lowest BCUT2D eigenvalue weighted by Gasteiger charge is -2.29. The molecule has 1 unspecified atom stereocenters. The van der Waals surface area contributed by atoms with Crippen LogP contribution in [0.4, 0.5) is 0 Å². The van der Waals surface area contributed by atoms with Crippen LogP contribution in [0.15, 0.2) is 0 Å². The van der Waals surface area contributed by atoms with Crippen LogP contribution in [-0.4, -0.2) is 71.4 Å². The van der Waals surface area contributed by atoms with Gasteiger partial charge in [-0.15, -0.1) is 0 Å². The van der Waals surface area contributed by atoms with Gasteiger partial charge in [-0.3, -0.25) is 9.69 Å². The monoisotopic (exact) mass is 230 g/mol. The van der Waals surface area contributed by atoms with E-state index in [-0.39, 0.29) is 25.2 Å². The highest BCUT2D eigenvalue weighted by Gasteiger charge is 2.26. The van der Waals surface area contributed by atoms with Gasteiger partial charge in [0.15, 0.2) is 0 Å². The summed E-state index contributed by atoms with van der Waals surface area (Å²) >= 11 is 0. The second-order valence-electron chi connectivity index (χ2n) is 4.19. The van der Waals surface area contributed by atoms with Gasteiger partial charge in [-0.1, -0.05) is 0 Å². The van der Waals surface area contributed by atoms with Gasteiger partial charge < -0.3 is 15.1 Å². The second kappa shape index (κ2) is 6.83. The molecule has 1 atom stereocenters. The van der Waals surface area contributed by atoms with Crippen molar-refractivity contribution in [2.75, 3.05) is 39.4 Å². The summed E-state index contributed by atoms with van der Waals surface area (Å²) in [7, 11) is 0. The van der Waals surface area contributed by atoms with Gasteiger partial charge in [0.2, 0.25) is 5.91 Å². The summed E-state index contributed by atoms with van der Waals surface area (Å²) in [5.74, 6) is 0.111. The minimum absolute atomic E-state index is 0.0115. The zero-order valence-electron chi connectivity index (χ0n) is 9.93. The topological polar surface area (TPSA) is 64.0 Å². The number of likely N-dealkylation sites (tertiary alicyclic amines) is 1. The highest BCUT2D eigenvalue weighted by molar-refractivity contribution is 5.81. The summed E-state index contributed by atoms with van der Waals surface area (Å²) in [5.41, 5.74) is 0. The fourth-order valence-electron chi connectivity index (χ4n) is 2.11. The number of hydrogen-bond acceptors (Lipinski definition) is 4. The summed E-state index contributed by atoms with van der Waals surface area (Å²) in [4.78, 5) is 15.7. The molecule has 1 heterocycles. The van der Waals surface area contributed by atoms with Crippen molar-refractivity contribution in [3.63, 3.8) is 0 Å². The molecule has 1 aliphatic rings. The van der Waals surface area contributed by atoms with Crippen molar-refractivity contribution in [1.82, 2.24) is 9.80 Å². The Morgan fingerprint density at radius 3 is 2.19 bits per heavy atom. The molecule has 5 heteroatoms. The minimum atomic E-state index is -0.252. The lowest BCUT2D eigenvalue weighted by Crippen LogP contribution is -2.48. The summed E-state index contributed by atoms with van der Waals surface area (Å²) < 4.78 is 0. The molecule has 0 aliphatic carbocycles. The zero-order valence-corrected chi connectivity index (χ0v) is 9.93. The van der Waals surface area contributed by atoms with Crippen molar-refractivity contribution in [1.29, 1.82) is 0 Å². The standard InChI is InChI=1S/C11H22N2O3/c1-10(12(6-8-14)7-9-15)11(16)13-4-2-3-5-13/h10,14-15H,2-9H2,1H3. The van der Waals surface area contributed by atoms with E-state index in [4.69, 9.17) is 10.2 Å². The van der Waals surface area contributed by atoms with Crippen LogP contribution < -0.4 is 0 Å². The Bertz CT molecular complexity index is 211. The largest absolute Gasteiger partial charge is 0.395 e. The van der Waals surface area contributed by atoms with Crippen molar-refractivity contribution in [3.05, 3.63) is 0 Å². The minimum Gasteiger partial charge on any atom is -0.395 e. The lowest BCUT2D eigenvalue weighted by molar-refractivity contribution is -0.135. The molecule has 1 saturated heterocycles. The Kier molecular flexibility index (Phi) is 5.73. The number of aliphatic hydroxyl groups is 2. The molecule has 1 fully saturated rings. The summed E-state index contributed by atoms with van der Waals surface area (Å²) in [5, 5.41) is 17.8. The van der Waals surface area contributed by atoms with Gasteiger partial charge in [0.25, 0.3) is 0 Å². The Labute approximate surface area is 96.7 Å². The van der Waals surface area contributed by atoms with E-state index >= 15 is 0 Å². The molecule has 16 heavy (non-hydrogen) atoms. The van der Waals surface area contributed by atoms with Gasteiger partial charge in [0.05, 0.1) is 19.3 Å². The van der Waals surface area contributed by atoms with Gasteiger partial charge in [-0.05, 0) is 19.8 Å². The number of carbonyl (C=O) groups excluding carboxylic acids is 1. The molecule has 0 spiro atoms. The fourth-order valence-corrected chi connectivity index (χ4v) is 2.11. The first-order valence-corrected chi connectivity index (χ1v) is 5.95. The molecule has 1 aliphatic heterocycles. The van der Waals surface area contributed by atoms with Gasteiger partial charge in [0.1, 0.15) is 0 Å². The maximum absolute atomic E-state index is 12.1. The Morgan fingerprint density at radius 2 is 1.75 bits per heavy atom. The lowest BCUT2D eigenvalue weighted by atomic mass is 10.2. The van der Waals surface area contributed by atoms with E-state index in [1.807, 2.05) is 16.7 Å². The average molecular weight is 230 g/mol. The molecule has 1 amide bonds.